The molecule has 0 unspecified atom stereocenters. The predicted octanol–water partition coefficient (Wildman–Crippen LogP) is 1.49. The van der Waals surface area contributed by atoms with E-state index in [1.807, 2.05) is 17.8 Å². The molecule has 0 spiro atoms. The van der Waals surface area contributed by atoms with Gasteiger partial charge in [0.15, 0.2) is 11.5 Å². The summed E-state index contributed by atoms with van der Waals surface area (Å²) >= 11 is 0. The first-order valence-electron chi connectivity index (χ1n) is 7.39. The Morgan fingerprint density at radius 1 is 1.30 bits per heavy atom. The summed E-state index contributed by atoms with van der Waals surface area (Å²) in [6.07, 6.45) is 5.91. The first-order valence-corrected chi connectivity index (χ1v) is 7.39. The van der Waals surface area contributed by atoms with Crippen LogP contribution in [-0.4, -0.2) is 39.6 Å². The van der Waals surface area contributed by atoms with Gasteiger partial charge >= 0.3 is 0 Å². The number of aromatic nitrogens is 3. The molecule has 0 saturated carbocycles. The molecule has 6 nitrogen and oxygen atoms in total. The maximum atomic E-state index is 13.6. The molecule has 0 aromatic carbocycles. The standard InChI is InChI=1S/C15H17F2N5O/c1-21-7-4-18-15(21)22-5-2-11(3-6-22)20-14(23)13-12(17)8-10(16)9-19-13/h4,7-9,11H,2-3,5-6H2,1H3,(H,20,23). The largest absolute Gasteiger partial charge is 0.348 e. The van der Waals surface area contributed by atoms with Gasteiger partial charge in [-0.05, 0) is 12.8 Å². The summed E-state index contributed by atoms with van der Waals surface area (Å²) in [5.41, 5.74) is -0.377. The minimum atomic E-state index is -0.951. The van der Waals surface area contributed by atoms with Crippen molar-refractivity contribution in [1.82, 2.24) is 19.9 Å². The molecule has 1 aliphatic heterocycles. The van der Waals surface area contributed by atoms with Crippen molar-refractivity contribution in [2.24, 2.45) is 7.05 Å². The van der Waals surface area contributed by atoms with Crippen molar-refractivity contribution in [1.29, 1.82) is 0 Å². The van der Waals surface area contributed by atoms with Crippen molar-refractivity contribution < 1.29 is 13.6 Å². The van der Waals surface area contributed by atoms with Crippen LogP contribution in [0, 0.1) is 11.6 Å². The monoisotopic (exact) mass is 321 g/mol. The fourth-order valence-electron chi connectivity index (χ4n) is 2.72. The van der Waals surface area contributed by atoms with Crippen LogP contribution in [0.3, 0.4) is 0 Å². The number of piperidine rings is 1. The molecule has 122 valence electrons. The van der Waals surface area contributed by atoms with Gasteiger partial charge in [-0.2, -0.15) is 0 Å². The van der Waals surface area contributed by atoms with E-state index in [-0.39, 0.29) is 11.7 Å². The van der Waals surface area contributed by atoms with Crippen LogP contribution in [0.15, 0.2) is 24.7 Å². The number of anilines is 1. The summed E-state index contributed by atoms with van der Waals surface area (Å²) in [7, 11) is 1.93. The summed E-state index contributed by atoms with van der Waals surface area (Å²) in [5, 5.41) is 2.76. The number of aryl methyl sites for hydroxylation is 1. The second kappa shape index (κ2) is 6.31. The summed E-state index contributed by atoms with van der Waals surface area (Å²) in [6.45, 7) is 1.49. The van der Waals surface area contributed by atoms with Crippen LogP contribution in [-0.2, 0) is 7.05 Å². The van der Waals surface area contributed by atoms with Gasteiger partial charge < -0.3 is 14.8 Å². The molecule has 1 aliphatic rings. The highest BCUT2D eigenvalue weighted by atomic mass is 19.1. The molecule has 23 heavy (non-hydrogen) atoms. The quantitative estimate of drug-likeness (QED) is 0.930. The lowest BCUT2D eigenvalue weighted by atomic mass is 10.1. The van der Waals surface area contributed by atoms with Crippen LogP contribution in [0.5, 0.6) is 0 Å². The molecule has 8 heteroatoms. The number of rotatable bonds is 3. The second-order valence-corrected chi connectivity index (χ2v) is 5.56. The van der Waals surface area contributed by atoms with E-state index in [2.05, 4.69) is 20.2 Å². The van der Waals surface area contributed by atoms with Crippen LogP contribution in [0.1, 0.15) is 23.3 Å². The van der Waals surface area contributed by atoms with E-state index in [1.165, 1.54) is 0 Å². The van der Waals surface area contributed by atoms with Gasteiger partial charge in [-0.15, -0.1) is 0 Å². The van der Waals surface area contributed by atoms with E-state index in [9.17, 15) is 13.6 Å². The third kappa shape index (κ3) is 3.30. The zero-order valence-corrected chi connectivity index (χ0v) is 12.7. The van der Waals surface area contributed by atoms with Gasteiger partial charge in [0.25, 0.3) is 5.91 Å². The lowest BCUT2D eigenvalue weighted by Gasteiger charge is -2.32. The molecule has 0 aliphatic carbocycles. The first kappa shape index (κ1) is 15.4. The predicted molar refractivity (Wildman–Crippen MR) is 80.1 cm³/mol. The minimum absolute atomic E-state index is 0.0646. The number of amides is 1. The number of halogens is 2. The van der Waals surface area contributed by atoms with Crippen molar-refractivity contribution in [2.45, 2.75) is 18.9 Å². The van der Waals surface area contributed by atoms with Crippen LogP contribution < -0.4 is 10.2 Å². The number of nitrogens with zero attached hydrogens (tertiary/aromatic N) is 4. The van der Waals surface area contributed by atoms with E-state index in [4.69, 9.17) is 0 Å². The summed E-state index contributed by atoms with van der Waals surface area (Å²) < 4.78 is 28.3. The van der Waals surface area contributed by atoms with Crippen molar-refractivity contribution >= 4 is 11.9 Å². The van der Waals surface area contributed by atoms with Gasteiger partial charge in [0.2, 0.25) is 5.95 Å². The van der Waals surface area contributed by atoms with Crippen LogP contribution in [0.25, 0.3) is 0 Å². The van der Waals surface area contributed by atoms with Gasteiger partial charge in [0.05, 0.1) is 6.20 Å². The van der Waals surface area contributed by atoms with Crippen LogP contribution >= 0.6 is 0 Å². The molecular weight excluding hydrogens is 304 g/mol. The average molecular weight is 321 g/mol. The van der Waals surface area contributed by atoms with Gasteiger partial charge in [-0.1, -0.05) is 0 Å². The Morgan fingerprint density at radius 3 is 2.65 bits per heavy atom. The maximum absolute atomic E-state index is 13.6. The van der Waals surface area contributed by atoms with Gasteiger partial charge in [0.1, 0.15) is 5.82 Å². The molecule has 0 bridgehead atoms. The summed E-state index contributed by atoms with van der Waals surface area (Å²) in [5.74, 6) is -1.48. The molecule has 1 saturated heterocycles. The van der Waals surface area contributed by atoms with E-state index in [0.717, 1.165) is 38.1 Å². The molecule has 3 heterocycles. The highest BCUT2D eigenvalue weighted by Gasteiger charge is 2.24. The Labute approximate surface area is 132 Å². The Hall–Kier alpha value is -2.51. The van der Waals surface area contributed by atoms with Crippen molar-refractivity contribution in [2.75, 3.05) is 18.0 Å². The van der Waals surface area contributed by atoms with E-state index in [0.29, 0.717) is 6.07 Å². The zero-order chi connectivity index (χ0) is 16.4. The average Bonchev–Trinajstić information content (AvgIpc) is 2.94. The Balaban J connectivity index is 1.58. The molecule has 2 aromatic rings. The number of carbonyl (C=O) groups is 1. The number of imidazole rings is 1. The molecule has 0 radical (unpaired) electrons. The van der Waals surface area contributed by atoms with Gasteiger partial charge in [-0.25, -0.2) is 18.7 Å². The normalized spacial score (nSPS) is 15.7. The van der Waals surface area contributed by atoms with E-state index < -0.39 is 17.5 Å². The van der Waals surface area contributed by atoms with Crippen molar-refractivity contribution in [3.63, 3.8) is 0 Å². The molecule has 1 fully saturated rings. The van der Waals surface area contributed by atoms with E-state index >= 15 is 0 Å². The third-order valence-corrected chi connectivity index (χ3v) is 3.93. The van der Waals surface area contributed by atoms with Crippen molar-refractivity contribution in [3.05, 3.63) is 42.0 Å². The van der Waals surface area contributed by atoms with E-state index in [1.54, 1.807) is 6.20 Å². The maximum Gasteiger partial charge on any atom is 0.273 e. The number of hydrogen-bond acceptors (Lipinski definition) is 4. The van der Waals surface area contributed by atoms with Gasteiger partial charge in [-0.3, -0.25) is 4.79 Å². The Morgan fingerprint density at radius 2 is 2.04 bits per heavy atom. The smallest absolute Gasteiger partial charge is 0.273 e. The Kier molecular flexibility index (Phi) is 4.22. The minimum Gasteiger partial charge on any atom is -0.348 e. The number of nitrogens with one attached hydrogen (secondary N) is 1. The second-order valence-electron chi connectivity index (χ2n) is 5.56. The SMILES string of the molecule is Cn1ccnc1N1CCC(NC(=O)c2ncc(F)cc2F)CC1. The van der Waals surface area contributed by atoms with Crippen LogP contribution in [0.2, 0.25) is 0 Å². The lowest BCUT2D eigenvalue weighted by Crippen LogP contribution is -2.45. The number of pyridine rings is 1. The Bertz CT molecular complexity index is 710. The van der Waals surface area contributed by atoms with Gasteiger partial charge in [0, 0.05) is 44.6 Å². The van der Waals surface area contributed by atoms with Crippen LogP contribution in [0.4, 0.5) is 14.7 Å². The fourth-order valence-corrected chi connectivity index (χ4v) is 2.72. The summed E-state index contributed by atoms with van der Waals surface area (Å²) in [4.78, 5) is 22.0. The molecule has 1 amide bonds. The zero-order valence-electron chi connectivity index (χ0n) is 12.7. The molecular formula is C15H17F2N5O. The fraction of sp³-hybridized carbons (Fsp3) is 0.400. The highest BCUT2D eigenvalue weighted by molar-refractivity contribution is 5.92. The lowest BCUT2D eigenvalue weighted by molar-refractivity contribution is 0.0921. The summed E-state index contributed by atoms with van der Waals surface area (Å²) in [6, 6.07) is 0.594. The molecule has 3 rings (SSSR count). The number of hydrogen-bond donors (Lipinski definition) is 1. The first-order chi connectivity index (χ1) is 11.0. The topological polar surface area (TPSA) is 63.1 Å². The molecule has 1 N–H and O–H groups in total. The highest BCUT2D eigenvalue weighted by Crippen LogP contribution is 2.18. The molecule has 0 atom stereocenters. The third-order valence-electron chi connectivity index (χ3n) is 3.93. The van der Waals surface area contributed by atoms with Crippen molar-refractivity contribution in [3.8, 4) is 0 Å². The molecule has 2 aromatic heterocycles. The number of carbonyl (C=O) groups excluding carboxylic acids is 1.